The smallest absolute Gasteiger partial charge is 0.310 e. The van der Waals surface area contributed by atoms with Crippen molar-refractivity contribution < 1.29 is 9.53 Å². The van der Waals surface area contributed by atoms with Gasteiger partial charge in [-0.15, -0.1) is 0 Å². The summed E-state index contributed by atoms with van der Waals surface area (Å²) >= 11 is 3.43. The molecule has 4 heteroatoms. The maximum absolute atomic E-state index is 11.6. The zero-order chi connectivity index (χ0) is 13.5. The van der Waals surface area contributed by atoms with Crippen LogP contribution in [0.3, 0.4) is 0 Å². The molecule has 0 aromatic heterocycles. The first-order valence-corrected chi connectivity index (χ1v) is 7.05. The Labute approximate surface area is 116 Å². The molecule has 0 heterocycles. The van der Waals surface area contributed by atoms with Gasteiger partial charge < -0.3 is 4.74 Å². The Morgan fingerprint density at radius 3 is 2.61 bits per heavy atom. The Hall–Kier alpha value is -1.34. The molecule has 0 aliphatic heterocycles. The lowest BCUT2D eigenvalue weighted by Gasteiger charge is -2.13. The number of carbonyl (C=O) groups is 1. The van der Waals surface area contributed by atoms with Gasteiger partial charge in [-0.05, 0) is 36.1 Å². The Morgan fingerprint density at radius 2 is 2.11 bits per heavy atom. The predicted octanol–water partition coefficient (Wildman–Crippen LogP) is 3.12. The lowest BCUT2D eigenvalue weighted by atomic mass is 9.94. The molecule has 1 aromatic carbocycles. The second-order valence-corrected chi connectivity index (χ2v) is 4.37. The fourth-order valence-corrected chi connectivity index (χ4v) is 2.60. The summed E-state index contributed by atoms with van der Waals surface area (Å²) in [5.41, 5.74) is 3.52. The number of aryl methyl sites for hydroxylation is 1. The minimum atomic E-state index is -0.288. The molecular formula is C14H16BrNO2. The minimum Gasteiger partial charge on any atom is -0.466 e. The van der Waals surface area contributed by atoms with Gasteiger partial charge in [-0.3, -0.25) is 4.79 Å². The van der Waals surface area contributed by atoms with Crippen LogP contribution >= 0.6 is 15.9 Å². The van der Waals surface area contributed by atoms with Crippen LogP contribution in [0.4, 0.5) is 0 Å². The highest BCUT2D eigenvalue weighted by Gasteiger charge is 2.15. The van der Waals surface area contributed by atoms with Gasteiger partial charge in [0.2, 0.25) is 0 Å². The van der Waals surface area contributed by atoms with E-state index in [2.05, 4.69) is 28.9 Å². The van der Waals surface area contributed by atoms with Gasteiger partial charge in [-0.2, -0.15) is 5.26 Å². The number of esters is 1. The summed E-state index contributed by atoms with van der Waals surface area (Å²) in [7, 11) is 0. The van der Waals surface area contributed by atoms with Crippen molar-refractivity contribution in [1.82, 2.24) is 0 Å². The Balaban J connectivity index is 3.20. The molecule has 3 nitrogen and oxygen atoms in total. The quantitative estimate of drug-likeness (QED) is 0.620. The van der Waals surface area contributed by atoms with E-state index < -0.39 is 0 Å². The fraction of sp³-hybridized carbons (Fsp3) is 0.429. The van der Waals surface area contributed by atoms with Crippen molar-refractivity contribution in [2.45, 2.75) is 32.0 Å². The molecule has 0 radical (unpaired) electrons. The van der Waals surface area contributed by atoms with Gasteiger partial charge in [0, 0.05) is 5.33 Å². The highest BCUT2D eigenvalue weighted by Crippen LogP contribution is 2.23. The first-order valence-electron chi connectivity index (χ1n) is 5.93. The van der Waals surface area contributed by atoms with E-state index in [0.717, 1.165) is 23.1 Å². The van der Waals surface area contributed by atoms with Crippen molar-refractivity contribution in [3.8, 4) is 6.07 Å². The standard InChI is InChI=1S/C14H16BrNO2/c1-3-10-5-6-11(9-16)12(13(10)8-15)7-14(17)18-4-2/h5-6H,3-4,7-8H2,1-2H3. The minimum absolute atomic E-state index is 0.158. The van der Waals surface area contributed by atoms with Crippen molar-refractivity contribution in [2.24, 2.45) is 0 Å². The van der Waals surface area contributed by atoms with Crippen molar-refractivity contribution >= 4 is 21.9 Å². The van der Waals surface area contributed by atoms with Crippen molar-refractivity contribution in [3.63, 3.8) is 0 Å². The van der Waals surface area contributed by atoms with E-state index in [4.69, 9.17) is 10.00 Å². The summed E-state index contributed by atoms with van der Waals surface area (Å²) < 4.78 is 4.95. The molecular weight excluding hydrogens is 294 g/mol. The van der Waals surface area contributed by atoms with Crippen LogP contribution in [-0.4, -0.2) is 12.6 Å². The molecule has 0 aliphatic carbocycles. The van der Waals surface area contributed by atoms with Crippen LogP contribution in [0.15, 0.2) is 12.1 Å². The molecule has 0 unspecified atom stereocenters. The number of nitriles is 1. The van der Waals surface area contributed by atoms with E-state index in [-0.39, 0.29) is 12.4 Å². The number of ether oxygens (including phenoxy) is 1. The SMILES string of the molecule is CCOC(=O)Cc1c(C#N)ccc(CC)c1CBr. The van der Waals surface area contributed by atoms with E-state index in [1.807, 2.05) is 6.07 Å². The number of rotatable bonds is 5. The number of hydrogen-bond acceptors (Lipinski definition) is 3. The van der Waals surface area contributed by atoms with Crippen LogP contribution < -0.4 is 0 Å². The highest BCUT2D eigenvalue weighted by molar-refractivity contribution is 9.08. The van der Waals surface area contributed by atoms with E-state index in [1.54, 1.807) is 13.0 Å². The van der Waals surface area contributed by atoms with Gasteiger partial charge in [0.1, 0.15) is 0 Å². The van der Waals surface area contributed by atoms with Gasteiger partial charge in [-0.1, -0.05) is 28.9 Å². The van der Waals surface area contributed by atoms with Crippen molar-refractivity contribution in [1.29, 1.82) is 5.26 Å². The molecule has 18 heavy (non-hydrogen) atoms. The molecule has 0 bridgehead atoms. The van der Waals surface area contributed by atoms with E-state index in [9.17, 15) is 4.79 Å². The number of alkyl halides is 1. The van der Waals surface area contributed by atoms with E-state index in [1.165, 1.54) is 0 Å². The summed E-state index contributed by atoms with van der Waals surface area (Å²) in [6, 6.07) is 5.87. The summed E-state index contributed by atoms with van der Waals surface area (Å²) in [5.74, 6) is -0.288. The normalized spacial score (nSPS) is 9.89. The lowest BCUT2D eigenvalue weighted by Crippen LogP contribution is -2.11. The summed E-state index contributed by atoms with van der Waals surface area (Å²) in [5, 5.41) is 9.77. The van der Waals surface area contributed by atoms with Gasteiger partial charge in [0.05, 0.1) is 24.7 Å². The third kappa shape index (κ3) is 3.33. The molecule has 0 atom stereocenters. The van der Waals surface area contributed by atoms with Crippen molar-refractivity contribution in [2.75, 3.05) is 6.61 Å². The first-order chi connectivity index (χ1) is 8.67. The Morgan fingerprint density at radius 1 is 1.39 bits per heavy atom. The monoisotopic (exact) mass is 309 g/mol. The molecule has 0 N–H and O–H groups in total. The third-order valence-electron chi connectivity index (χ3n) is 2.79. The molecule has 0 spiro atoms. The predicted molar refractivity (Wildman–Crippen MR) is 73.5 cm³/mol. The third-order valence-corrected chi connectivity index (χ3v) is 3.35. The second-order valence-electron chi connectivity index (χ2n) is 3.81. The van der Waals surface area contributed by atoms with Crippen LogP contribution in [0.25, 0.3) is 0 Å². The summed E-state index contributed by atoms with van der Waals surface area (Å²) in [6.45, 7) is 4.19. The van der Waals surface area contributed by atoms with Gasteiger partial charge in [-0.25, -0.2) is 0 Å². The van der Waals surface area contributed by atoms with Crippen LogP contribution in [0.1, 0.15) is 36.1 Å². The lowest BCUT2D eigenvalue weighted by molar-refractivity contribution is -0.142. The Kier molecular flexibility index (Phi) is 5.87. The summed E-state index contributed by atoms with van der Waals surface area (Å²) in [4.78, 5) is 11.6. The maximum Gasteiger partial charge on any atom is 0.310 e. The molecule has 0 aliphatic rings. The first kappa shape index (κ1) is 14.7. The number of halogens is 1. The fourth-order valence-electron chi connectivity index (χ4n) is 1.90. The van der Waals surface area contributed by atoms with Gasteiger partial charge in [0.15, 0.2) is 0 Å². The second kappa shape index (κ2) is 7.17. The molecule has 0 saturated carbocycles. The molecule has 0 saturated heterocycles. The molecule has 1 aromatic rings. The molecule has 0 fully saturated rings. The largest absolute Gasteiger partial charge is 0.466 e. The maximum atomic E-state index is 11.6. The molecule has 0 amide bonds. The van der Waals surface area contributed by atoms with Crippen LogP contribution in [-0.2, 0) is 27.7 Å². The highest BCUT2D eigenvalue weighted by atomic mass is 79.9. The van der Waals surface area contributed by atoms with Crippen molar-refractivity contribution in [3.05, 3.63) is 34.4 Å². The topological polar surface area (TPSA) is 50.1 Å². The van der Waals surface area contributed by atoms with Gasteiger partial charge in [0.25, 0.3) is 0 Å². The molecule has 1 rings (SSSR count). The average molecular weight is 310 g/mol. The Bertz CT molecular complexity index is 477. The van der Waals surface area contributed by atoms with Gasteiger partial charge >= 0.3 is 5.97 Å². The number of benzene rings is 1. The van der Waals surface area contributed by atoms with Crippen LogP contribution in [0.5, 0.6) is 0 Å². The number of hydrogen-bond donors (Lipinski definition) is 0. The molecule has 96 valence electrons. The van der Waals surface area contributed by atoms with Crippen LogP contribution in [0, 0.1) is 11.3 Å². The number of nitrogens with zero attached hydrogens (tertiary/aromatic N) is 1. The van der Waals surface area contributed by atoms with Crippen LogP contribution in [0.2, 0.25) is 0 Å². The zero-order valence-electron chi connectivity index (χ0n) is 10.6. The average Bonchev–Trinajstić information content (AvgIpc) is 2.38. The zero-order valence-corrected chi connectivity index (χ0v) is 12.2. The van der Waals surface area contributed by atoms with E-state index >= 15 is 0 Å². The number of carbonyl (C=O) groups excluding carboxylic acids is 1. The summed E-state index contributed by atoms with van der Waals surface area (Å²) in [6.07, 6.45) is 1.04. The van der Waals surface area contributed by atoms with E-state index in [0.29, 0.717) is 17.5 Å².